The van der Waals surface area contributed by atoms with Gasteiger partial charge in [0.2, 0.25) is 11.8 Å². The monoisotopic (exact) mass is 280 g/mol. The molecule has 3 rings (SSSR count). The normalized spacial score (nSPS) is 21.8. The predicted octanol–water partition coefficient (Wildman–Crippen LogP) is 2.94. The van der Waals surface area contributed by atoms with E-state index in [1.165, 1.54) is 0 Å². The number of carbonyl (C=O) groups excluding carboxylic acids is 1. The number of hydrogen-bond acceptors (Lipinski definition) is 2. The molecule has 0 saturated heterocycles. The number of nitrogen functional groups attached to an aromatic ring is 1. The second kappa shape index (κ2) is 4.72. The summed E-state index contributed by atoms with van der Waals surface area (Å²) in [7, 11) is 0. The van der Waals surface area contributed by atoms with E-state index in [-0.39, 0.29) is 24.7 Å². The number of benzene rings is 1. The van der Waals surface area contributed by atoms with Gasteiger partial charge in [-0.3, -0.25) is 4.79 Å². The Kier molecular flexibility index (Phi) is 3.15. The van der Waals surface area contributed by atoms with Crippen LogP contribution in [0.5, 0.6) is 0 Å². The Morgan fingerprint density at radius 3 is 2.55 bits per heavy atom. The zero-order valence-electron chi connectivity index (χ0n) is 11.2. The van der Waals surface area contributed by atoms with Gasteiger partial charge in [0, 0.05) is 37.5 Å². The molecule has 1 fully saturated rings. The van der Waals surface area contributed by atoms with Gasteiger partial charge in [-0.2, -0.15) is 0 Å². The molecule has 5 heteroatoms. The largest absolute Gasteiger partial charge is 0.399 e. The van der Waals surface area contributed by atoms with E-state index >= 15 is 0 Å². The van der Waals surface area contributed by atoms with E-state index in [1.807, 2.05) is 18.2 Å². The Morgan fingerprint density at radius 2 is 1.85 bits per heavy atom. The molecule has 2 N–H and O–H groups in total. The molecule has 0 spiro atoms. The van der Waals surface area contributed by atoms with Crippen LogP contribution in [0.4, 0.5) is 14.5 Å². The van der Waals surface area contributed by atoms with Crippen molar-refractivity contribution in [1.29, 1.82) is 0 Å². The lowest BCUT2D eigenvalue weighted by Gasteiger charge is -2.30. The topological polar surface area (TPSA) is 46.3 Å². The molecule has 0 radical (unpaired) electrons. The summed E-state index contributed by atoms with van der Waals surface area (Å²) in [6.07, 6.45) is 0.246. The Balaban J connectivity index is 1.66. The molecule has 0 atom stereocenters. The van der Waals surface area contributed by atoms with Gasteiger partial charge < -0.3 is 10.6 Å². The molecule has 0 aromatic heterocycles. The van der Waals surface area contributed by atoms with Gasteiger partial charge in [0.25, 0.3) is 0 Å². The maximum absolute atomic E-state index is 13.1. The Labute approximate surface area is 116 Å². The maximum atomic E-state index is 13.1. The molecule has 1 aliphatic carbocycles. The Morgan fingerprint density at radius 1 is 1.20 bits per heavy atom. The second-order valence-corrected chi connectivity index (χ2v) is 5.85. The van der Waals surface area contributed by atoms with Crippen molar-refractivity contribution in [2.75, 3.05) is 5.73 Å². The molecule has 3 nitrogen and oxygen atoms in total. The summed E-state index contributed by atoms with van der Waals surface area (Å²) in [5.74, 6) is -2.82. The Bertz CT molecular complexity index is 535. The average Bonchev–Trinajstić information content (AvgIpc) is 2.80. The molecule has 108 valence electrons. The van der Waals surface area contributed by atoms with E-state index in [2.05, 4.69) is 0 Å². The minimum absolute atomic E-state index is 0.00951. The van der Waals surface area contributed by atoms with Gasteiger partial charge in [-0.15, -0.1) is 0 Å². The number of amides is 1. The number of anilines is 1. The summed E-state index contributed by atoms with van der Waals surface area (Å²) < 4.78 is 26.3. The van der Waals surface area contributed by atoms with Gasteiger partial charge in [0.1, 0.15) is 0 Å². The molecule has 1 aliphatic heterocycles. The summed E-state index contributed by atoms with van der Waals surface area (Å²) in [4.78, 5) is 14.2. The highest BCUT2D eigenvalue weighted by atomic mass is 19.3. The van der Waals surface area contributed by atoms with Gasteiger partial charge in [-0.1, -0.05) is 6.07 Å². The first kappa shape index (κ1) is 13.3. The molecule has 0 bridgehead atoms. The van der Waals surface area contributed by atoms with Gasteiger partial charge >= 0.3 is 0 Å². The Hall–Kier alpha value is -1.65. The first-order chi connectivity index (χ1) is 9.44. The molecule has 1 heterocycles. The lowest BCUT2D eigenvalue weighted by atomic mass is 9.86. The van der Waals surface area contributed by atoms with Crippen molar-refractivity contribution in [3.8, 4) is 0 Å². The fourth-order valence-corrected chi connectivity index (χ4v) is 3.12. The number of alkyl halides is 2. The van der Waals surface area contributed by atoms with E-state index in [4.69, 9.17) is 5.73 Å². The zero-order valence-corrected chi connectivity index (χ0v) is 11.2. The number of nitrogens with zero attached hydrogens (tertiary/aromatic N) is 1. The third-order valence-corrected chi connectivity index (χ3v) is 4.33. The molecule has 20 heavy (non-hydrogen) atoms. The van der Waals surface area contributed by atoms with Gasteiger partial charge in [-0.25, -0.2) is 8.78 Å². The standard InChI is InChI=1S/C15H18F2N2O/c16-15(17)5-3-10(4-6-15)14(20)19-8-11-1-2-13(18)7-12(11)9-19/h1-2,7,10H,3-6,8-9,18H2. The number of fused-ring (bicyclic) bond motifs is 1. The number of rotatable bonds is 1. The SMILES string of the molecule is Nc1ccc2c(c1)CN(C(=O)C1CCC(F)(F)CC1)C2. The quantitative estimate of drug-likeness (QED) is 0.804. The lowest BCUT2D eigenvalue weighted by molar-refractivity contribution is -0.140. The number of halogens is 2. The minimum Gasteiger partial charge on any atom is -0.399 e. The van der Waals surface area contributed by atoms with Crippen LogP contribution in [0.3, 0.4) is 0 Å². The summed E-state index contributed by atoms with van der Waals surface area (Å²) in [5, 5.41) is 0. The van der Waals surface area contributed by atoms with Crippen LogP contribution in [0, 0.1) is 5.92 Å². The van der Waals surface area contributed by atoms with Crippen LogP contribution in [0.2, 0.25) is 0 Å². The van der Waals surface area contributed by atoms with Crippen LogP contribution < -0.4 is 5.73 Å². The van der Waals surface area contributed by atoms with E-state index in [0.29, 0.717) is 31.6 Å². The van der Waals surface area contributed by atoms with E-state index in [9.17, 15) is 13.6 Å². The number of nitrogens with two attached hydrogens (primary N) is 1. The van der Waals surface area contributed by atoms with E-state index in [0.717, 1.165) is 11.1 Å². The van der Waals surface area contributed by atoms with Crippen molar-refractivity contribution in [2.24, 2.45) is 5.92 Å². The van der Waals surface area contributed by atoms with Gasteiger partial charge in [0.05, 0.1) is 0 Å². The van der Waals surface area contributed by atoms with Crippen molar-refractivity contribution >= 4 is 11.6 Å². The van der Waals surface area contributed by atoms with E-state index < -0.39 is 5.92 Å². The summed E-state index contributed by atoms with van der Waals surface area (Å²) >= 11 is 0. The molecular weight excluding hydrogens is 262 g/mol. The maximum Gasteiger partial charge on any atom is 0.248 e. The second-order valence-electron chi connectivity index (χ2n) is 5.85. The van der Waals surface area contributed by atoms with Crippen LogP contribution >= 0.6 is 0 Å². The molecule has 1 aromatic rings. The van der Waals surface area contributed by atoms with Crippen LogP contribution in [0.15, 0.2) is 18.2 Å². The van der Waals surface area contributed by atoms with Crippen molar-refractivity contribution in [2.45, 2.75) is 44.7 Å². The minimum atomic E-state index is -2.58. The summed E-state index contributed by atoms with van der Waals surface area (Å²) in [6.45, 7) is 1.12. The molecular formula is C15H18F2N2O. The highest BCUT2D eigenvalue weighted by Gasteiger charge is 2.39. The fourth-order valence-electron chi connectivity index (χ4n) is 3.12. The number of carbonyl (C=O) groups is 1. The van der Waals surface area contributed by atoms with Crippen LogP contribution in [0.25, 0.3) is 0 Å². The zero-order chi connectivity index (χ0) is 14.3. The van der Waals surface area contributed by atoms with Crippen LogP contribution in [-0.4, -0.2) is 16.7 Å². The molecule has 1 amide bonds. The van der Waals surface area contributed by atoms with Crippen LogP contribution in [0.1, 0.15) is 36.8 Å². The van der Waals surface area contributed by atoms with Crippen molar-refractivity contribution in [3.05, 3.63) is 29.3 Å². The highest BCUT2D eigenvalue weighted by Crippen LogP contribution is 2.38. The first-order valence-electron chi connectivity index (χ1n) is 6.98. The molecule has 1 saturated carbocycles. The van der Waals surface area contributed by atoms with Crippen molar-refractivity contribution < 1.29 is 13.6 Å². The fraction of sp³-hybridized carbons (Fsp3) is 0.533. The molecule has 2 aliphatic rings. The first-order valence-corrected chi connectivity index (χ1v) is 6.98. The van der Waals surface area contributed by atoms with Crippen molar-refractivity contribution in [1.82, 2.24) is 4.90 Å². The van der Waals surface area contributed by atoms with Gasteiger partial charge in [0.15, 0.2) is 0 Å². The third kappa shape index (κ3) is 2.49. The lowest BCUT2D eigenvalue weighted by Crippen LogP contribution is -2.36. The highest BCUT2D eigenvalue weighted by molar-refractivity contribution is 5.79. The van der Waals surface area contributed by atoms with Gasteiger partial charge in [-0.05, 0) is 36.1 Å². The smallest absolute Gasteiger partial charge is 0.248 e. The summed E-state index contributed by atoms with van der Waals surface area (Å²) in [6, 6.07) is 5.65. The van der Waals surface area contributed by atoms with Crippen LogP contribution in [-0.2, 0) is 17.9 Å². The third-order valence-electron chi connectivity index (χ3n) is 4.33. The van der Waals surface area contributed by atoms with Crippen molar-refractivity contribution in [3.63, 3.8) is 0 Å². The van der Waals surface area contributed by atoms with E-state index in [1.54, 1.807) is 4.90 Å². The molecule has 1 aromatic carbocycles. The summed E-state index contributed by atoms with van der Waals surface area (Å²) in [5.41, 5.74) is 8.60. The molecule has 0 unspecified atom stereocenters. The average molecular weight is 280 g/mol. The predicted molar refractivity (Wildman–Crippen MR) is 72.0 cm³/mol. The number of hydrogen-bond donors (Lipinski definition) is 1.